The van der Waals surface area contributed by atoms with E-state index in [2.05, 4.69) is 58.7 Å². The van der Waals surface area contributed by atoms with Crippen molar-refractivity contribution in [2.24, 2.45) is 0 Å². The summed E-state index contributed by atoms with van der Waals surface area (Å²) >= 11 is 3.57. The molecule has 2 aromatic rings. The average molecular weight is 238 g/mol. The Morgan fingerprint density at radius 3 is 2.85 bits per heavy atom. The molecule has 1 aromatic carbocycles. The molecule has 0 fully saturated rings. The van der Waals surface area contributed by atoms with Crippen molar-refractivity contribution in [1.82, 2.24) is 4.57 Å². The SMILES string of the molecule is CCn1cc(Br)c2cc(C)ccc21. The molecule has 0 radical (unpaired) electrons. The third kappa shape index (κ3) is 1.39. The van der Waals surface area contributed by atoms with E-state index < -0.39 is 0 Å². The molecule has 1 aromatic heterocycles. The van der Waals surface area contributed by atoms with E-state index >= 15 is 0 Å². The second-order valence-corrected chi connectivity index (χ2v) is 4.14. The first kappa shape index (κ1) is 8.82. The molecule has 0 unspecified atom stereocenters. The molecule has 68 valence electrons. The van der Waals surface area contributed by atoms with Gasteiger partial charge in [0.05, 0.1) is 0 Å². The van der Waals surface area contributed by atoms with E-state index in [1.807, 2.05) is 0 Å². The zero-order valence-corrected chi connectivity index (χ0v) is 9.43. The van der Waals surface area contributed by atoms with Crippen LogP contribution in [0.4, 0.5) is 0 Å². The van der Waals surface area contributed by atoms with Crippen LogP contribution in [0.1, 0.15) is 12.5 Å². The second-order valence-electron chi connectivity index (χ2n) is 3.28. The van der Waals surface area contributed by atoms with Gasteiger partial charge in [0.15, 0.2) is 0 Å². The molecule has 2 heteroatoms. The molecule has 0 bridgehead atoms. The zero-order chi connectivity index (χ0) is 9.42. The van der Waals surface area contributed by atoms with Crippen LogP contribution in [-0.4, -0.2) is 4.57 Å². The fraction of sp³-hybridized carbons (Fsp3) is 0.273. The van der Waals surface area contributed by atoms with Crippen molar-refractivity contribution in [2.75, 3.05) is 0 Å². The number of rotatable bonds is 1. The predicted octanol–water partition coefficient (Wildman–Crippen LogP) is 3.73. The van der Waals surface area contributed by atoms with Gasteiger partial charge in [-0.2, -0.15) is 0 Å². The van der Waals surface area contributed by atoms with E-state index in [0.717, 1.165) is 6.54 Å². The fourth-order valence-corrected chi connectivity index (χ4v) is 2.19. The Bertz CT molecular complexity index is 443. The van der Waals surface area contributed by atoms with Gasteiger partial charge in [0.1, 0.15) is 0 Å². The first-order chi connectivity index (χ1) is 6.22. The molecule has 1 heterocycles. The maximum absolute atomic E-state index is 3.57. The minimum Gasteiger partial charge on any atom is -0.347 e. The molecular weight excluding hydrogens is 226 g/mol. The van der Waals surface area contributed by atoms with Gasteiger partial charge in [0.25, 0.3) is 0 Å². The summed E-state index contributed by atoms with van der Waals surface area (Å²) in [5.41, 5.74) is 2.61. The summed E-state index contributed by atoms with van der Waals surface area (Å²) in [7, 11) is 0. The van der Waals surface area contributed by atoms with Gasteiger partial charge in [-0.25, -0.2) is 0 Å². The topological polar surface area (TPSA) is 4.93 Å². The number of hydrogen-bond donors (Lipinski definition) is 0. The van der Waals surface area contributed by atoms with Crippen LogP contribution in [0.3, 0.4) is 0 Å². The van der Waals surface area contributed by atoms with Crippen LogP contribution in [0, 0.1) is 6.92 Å². The van der Waals surface area contributed by atoms with E-state index in [1.165, 1.54) is 20.9 Å². The highest BCUT2D eigenvalue weighted by Crippen LogP contribution is 2.26. The molecular formula is C11H12BrN. The van der Waals surface area contributed by atoms with E-state index in [1.54, 1.807) is 0 Å². The number of nitrogens with zero attached hydrogens (tertiary/aromatic N) is 1. The van der Waals surface area contributed by atoms with Gasteiger partial charge in [0.2, 0.25) is 0 Å². The van der Waals surface area contributed by atoms with Gasteiger partial charge in [-0.3, -0.25) is 0 Å². The fourth-order valence-electron chi connectivity index (χ4n) is 1.63. The monoisotopic (exact) mass is 237 g/mol. The lowest BCUT2D eigenvalue weighted by molar-refractivity contribution is 0.796. The van der Waals surface area contributed by atoms with Crippen LogP contribution in [0.15, 0.2) is 28.9 Å². The Labute approximate surface area is 86.5 Å². The molecule has 0 N–H and O–H groups in total. The number of hydrogen-bond acceptors (Lipinski definition) is 0. The summed E-state index contributed by atoms with van der Waals surface area (Å²) in [5.74, 6) is 0. The highest BCUT2D eigenvalue weighted by Gasteiger charge is 2.04. The van der Waals surface area contributed by atoms with Crippen molar-refractivity contribution in [2.45, 2.75) is 20.4 Å². The molecule has 0 saturated heterocycles. The van der Waals surface area contributed by atoms with Crippen LogP contribution >= 0.6 is 15.9 Å². The summed E-state index contributed by atoms with van der Waals surface area (Å²) in [4.78, 5) is 0. The van der Waals surface area contributed by atoms with E-state index in [-0.39, 0.29) is 0 Å². The van der Waals surface area contributed by atoms with Crippen LogP contribution in [0.25, 0.3) is 10.9 Å². The van der Waals surface area contributed by atoms with Crippen LogP contribution in [0.2, 0.25) is 0 Å². The number of benzene rings is 1. The van der Waals surface area contributed by atoms with Crippen molar-refractivity contribution >= 4 is 26.8 Å². The number of aryl methyl sites for hydroxylation is 2. The lowest BCUT2D eigenvalue weighted by atomic mass is 10.2. The van der Waals surface area contributed by atoms with Crippen molar-refractivity contribution in [3.05, 3.63) is 34.4 Å². The maximum Gasteiger partial charge on any atom is 0.0492 e. The number of fused-ring (bicyclic) bond motifs is 1. The Kier molecular flexibility index (Phi) is 2.16. The van der Waals surface area contributed by atoms with Crippen LogP contribution < -0.4 is 0 Å². The Morgan fingerprint density at radius 1 is 1.38 bits per heavy atom. The normalized spacial score (nSPS) is 11.0. The Hall–Kier alpha value is -0.760. The van der Waals surface area contributed by atoms with Gasteiger partial charge in [0, 0.05) is 28.1 Å². The molecule has 0 saturated carbocycles. The third-order valence-corrected chi connectivity index (χ3v) is 2.96. The van der Waals surface area contributed by atoms with Crippen molar-refractivity contribution in [3.8, 4) is 0 Å². The minimum absolute atomic E-state index is 1.02. The van der Waals surface area contributed by atoms with E-state index in [9.17, 15) is 0 Å². The zero-order valence-electron chi connectivity index (χ0n) is 7.84. The molecule has 0 aliphatic heterocycles. The lowest BCUT2D eigenvalue weighted by Crippen LogP contribution is -1.89. The van der Waals surface area contributed by atoms with E-state index in [0.29, 0.717) is 0 Å². The summed E-state index contributed by atoms with van der Waals surface area (Å²) < 4.78 is 3.44. The summed E-state index contributed by atoms with van der Waals surface area (Å²) in [6.07, 6.45) is 2.14. The Balaban J connectivity index is 2.80. The standard InChI is InChI=1S/C11H12BrN/c1-3-13-7-10(12)9-6-8(2)4-5-11(9)13/h4-7H,3H2,1-2H3. The quantitative estimate of drug-likeness (QED) is 0.713. The molecule has 0 spiro atoms. The van der Waals surface area contributed by atoms with Crippen molar-refractivity contribution in [1.29, 1.82) is 0 Å². The first-order valence-electron chi connectivity index (χ1n) is 4.47. The highest BCUT2D eigenvalue weighted by atomic mass is 79.9. The molecule has 0 amide bonds. The van der Waals surface area contributed by atoms with Gasteiger partial charge < -0.3 is 4.57 Å². The molecule has 1 nitrogen and oxygen atoms in total. The third-order valence-electron chi connectivity index (χ3n) is 2.33. The van der Waals surface area contributed by atoms with Crippen molar-refractivity contribution < 1.29 is 0 Å². The smallest absolute Gasteiger partial charge is 0.0492 e. The summed E-state index contributed by atoms with van der Waals surface area (Å²) in [5, 5.41) is 1.31. The average Bonchev–Trinajstić information content (AvgIpc) is 2.43. The molecule has 13 heavy (non-hydrogen) atoms. The summed E-state index contributed by atoms with van der Waals surface area (Å²) in [6, 6.07) is 6.55. The van der Waals surface area contributed by atoms with Crippen molar-refractivity contribution in [3.63, 3.8) is 0 Å². The first-order valence-corrected chi connectivity index (χ1v) is 5.26. The minimum atomic E-state index is 1.02. The van der Waals surface area contributed by atoms with Gasteiger partial charge in [-0.05, 0) is 41.9 Å². The second kappa shape index (κ2) is 3.18. The van der Waals surface area contributed by atoms with Gasteiger partial charge in [-0.15, -0.1) is 0 Å². The number of halogens is 1. The maximum atomic E-state index is 3.57. The van der Waals surface area contributed by atoms with Gasteiger partial charge in [-0.1, -0.05) is 11.6 Å². The van der Waals surface area contributed by atoms with Gasteiger partial charge >= 0.3 is 0 Å². The molecule has 2 rings (SSSR count). The largest absolute Gasteiger partial charge is 0.347 e. The lowest BCUT2D eigenvalue weighted by Gasteiger charge is -1.99. The van der Waals surface area contributed by atoms with E-state index in [4.69, 9.17) is 0 Å². The number of aromatic nitrogens is 1. The van der Waals surface area contributed by atoms with Crippen LogP contribution in [0.5, 0.6) is 0 Å². The van der Waals surface area contributed by atoms with Crippen LogP contribution in [-0.2, 0) is 6.54 Å². The predicted molar refractivity (Wildman–Crippen MR) is 60.0 cm³/mol. The Morgan fingerprint density at radius 2 is 2.15 bits per heavy atom. The molecule has 0 aliphatic carbocycles. The molecule has 0 aliphatic rings. The highest BCUT2D eigenvalue weighted by molar-refractivity contribution is 9.10. The summed E-state index contributed by atoms with van der Waals surface area (Å²) in [6.45, 7) is 5.30. The molecule has 0 atom stereocenters.